The van der Waals surface area contributed by atoms with Gasteiger partial charge in [-0.2, -0.15) is 0 Å². The Morgan fingerprint density at radius 1 is 1.62 bits per heavy atom. The third kappa shape index (κ3) is 1.78. The van der Waals surface area contributed by atoms with Crippen LogP contribution in [0.25, 0.3) is 0 Å². The van der Waals surface area contributed by atoms with Gasteiger partial charge < -0.3 is 14.8 Å². The van der Waals surface area contributed by atoms with E-state index in [0.29, 0.717) is 10.2 Å². The van der Waals surface area contributed by atoms with Crippen molar-refractivity contribution in [2.75, 3.05) is 20.4 Å². The van der Waals surface area contributed by atoms with E-state index in [9.17, 15) is 9.18 Å². The fraction of sp³-hybridized carbons (Fsp3) is 0.300. The number of nitrogens with one attached hydrogen (secondary N) is 1. The average Bonchev–Trinajstić information content (AvgIpc) is 2.66. The summed E-state index contributed by atoms with van der Waals surface area (Å²) in [5.41, 5.74) is -0.0152. The Hall–Kier alpha value is -1.14. The lowest BCUT2D eigenvalue weighted by atomic mass is 10.1. The molecule has 0 radical (unpaired) electrons. The van der Waals surface area contributed by atoms with E-state index < -0.39 is 5.82 Å². The number of fused-ring (bicyclic) bond motifs is 1. The minimum absolute atomic E-state index is 0.00246. The van der Waals surface area contributed by atoms with Crippen molar-refractivity contribution in [1.29, 1.82) is 0 Å². The summed E-state index contributed by atoms with van der Waals surface area (Å²) in [6, 6.07) is 1.54. The molecule has 0 aromatic heterocycles. The summed E-state index contributed by atoms with van der Waals surface area (Å²) in [6.45, 7) is 0.0392. The molecule has 2 rings (SSSR count). The van der Waals surface area contributed by atoms with E-state index >= 15 is 0 Å². The lowest BCUT2D eigenvalue weighted by molar-refractivity contribution is 0.0988. The summed E-state index contributed by atoms with van der Waals surface area (Å²) < 4.78 is 24.3. The van der Waals surface area contributed by atoms with Crippen molar-refractivity contribution in [1.82, 2.24) is 5.32 Å². The van der Waals surface area contributed by atoms with Gasteiger partial charge in [0.25, 0.3) is 0 Å². The van der Waals surface area contributed by atoms with Gasteiger partial charge in [-0.25, -0.2) is 4.39 Å². The SMILES string of the molecule is CNCC(=O)c1c(Br)cc2c(c1F)OCO2. The largest absolute Gasteiger partial charge is 0.453 e. The molecule has 4 nitrogen and oxygen atoms in total. The number of carbonyl (C=O) groups is 1. The molecule has 1 aromatic carbocycles. The summed E-state index contributed by atoms with van der Waals surface area (Å²) in [5.74, 6) is -0.708. The van der Waals surface area contributed by atoms with Crippen molar-refractivity contribution in [3.05, 3.63) is 21.9 Å². The molecule has 1 N–H and O–H groups in total. The zero-order valence-corrected chi connectivity index (χ0v) is 10.1. The Kier molecular flexibility index (Phi) is 3.11. The molecule has 1 aliphatic heterocycles. The molecule has 0 bridgehead atoms. The maximum Gasteiger partial charge on any atom is 0.231 e. The predicted octanol–water partition coefficient (Wildman–Crippen LogP) is 1.72. The summed E-state index contributed by atoms with van der Waals surface area (Å²) in [7, 11) is 1.62. The van der Waals surface area contributed by atoms with Gasteiger partial charge in [0.2, 0.25) is 12.5 Å². The fourth-order valence-corrected chi connectivity index (χ4v) is 2.08. The minimum Gasteiger partial charge on any atom is -0.453 e. The standard InChI is InChI=1S/C10H9BrFNO3/c1-13-3-6(14)8-5(11)2-7-10(9(8)12)16-4-15-7/h2,13H,3-4H2,1H3. The zero-order chi connectivity index (χ0) is 11.7. The molecule has 1 aromatic rings. The maximum atomic E-state index is 13.9. The highest BCUT2D eigenvalue weighted by molar-refractivity contribution is 9.10. The second-order valence-electron chi connectivity index (χ2n) is 3.23. The third-order valence-electron chi connectivity index (χ3n) is 2.17. The first-order valence-electron chi connectivity index (χ1n) is 4.60. The number of likely N-dealkylation sites (N-methyl/N-ethyl adjacent to an activating group) is 1. The highest BCUT2D eigenvalue weighted by Gasteiger charge is 2.26. The Bertz CT molecular complexity index is 450. The van der Waals surface area contributed by atoms with Gasteiger partial charge in [0.15, 0.2) is 17.3 Å². The van der Waals surface area contributed by atoms with E-state index in [1.807, 2.05) is 0 Å². The lowest BCUT2D eigenvalue weighted by Crippen LogP contribution is -2.20. The van der Waals surface area contributed by atoms with Gasteiger partial charge in [-0.15, -0.1) is 0 Å². The van der Waals surface area contributed by atoms with E-state index in [-0.39, 0.29) is 30.4 Å². The van der Waals surface area contributed by atoms with Crippen LogP contribution in [0.3, 0.4) is 0 Å². The van der Waals surface area contributed by atoms with Crippen molar-refractivity contribution in [3.63, 3.8) is 0 Å². The van der Waals surface area contributed by atoms with Gasteiger partial charge in [-0.05, 0) is 29.0 Å². The van der Waals surface area contributed by atoms with Crippen LogP contribution in [0.4, 0.5) is 4.39 Å². The smallest absolute Gasteiger partial charge is 0.231 e. The van der Waals surface area contributed by atoms with Crippen molar-refractivity contribution < 1.29 is 18.7 Å². The van der Waals surface area contributed by atoms with E-state index in [1.165, 1.54) is 6.07 Å². The van der Waals surface area contributed by atoms with Crippen molar-refractivity contribution >= 4 is 21.7 Å². The molecule has 0 saturated carbocycles. The van der Waals surface area contributed by atoms with E-state index in [0.717, 1.165) is 0 Å². The first-order valence-corrected chi connectivity index (χ1v) is 5.40. The molecule has 1 heterocycles. The van der Waals surface area contributed by atoms with Gasteiger partial charge in [0.1, 0.15) is 0 Å². The van der Waals surface area contributed by atoms with Crippen molar-refractivity contribution in [2.45, 2.75) is 0 Å². The molecule has 0 unspecified atom stereocenters. The molecular weight excluding hydrogens is 281 g/mol. The number of ketones is 1. The normalized spacial score (nSPS) is 12.9. The Balaban J connectivity index is 2.50. The highest BCUT2D eigenvalue weighted by atomic mass is 79.9. The van der Waals surface area contributed by atoms with Crippen molar-refractivity contribution in [3.8, 4) is 11.5 Å². The van der Waals surface area contributed by atoms with Crippen LogP contribution in [0, 0.1) is 5.82 Å². The van der Waals surface area contributed by atoms with Gasteiger partial charge in [0.05, 0.1) is 12.1 Å². The number of ether oxygens (including phenoxy) is 2. The fourth-order valence-electron chi connectivity index (χ4n) is 1.48. The van der Waals surface area contributed by atoms with Crippen LogP contribution < -0.4 is 14.8 Å². The van der Waals surface area contributed by atoms with Gasteiger partial charge in [-0.1, -0.05) is 0 Å². The molecule has 0 fully saturated rings. The monoisotopic (exact) mass is 289 g/mol. The second-order valence-corrected chi connectivity index (χ2v) is 4.09. The van der Waals surface area contributed by atoms with E-state index in [1.54, 1.807) is 7.05 Å². The summed E-state index contributed by atoms with van der Waals surface area (Å²) in [5, 5.41) is 2.68. The third-order valence-corrected chi connectivity index (χ3v) is 2.80. The second kappa shape index (κ2) is 4.39. The number of carbonyl (C=O) groups excluding carboxylic acids is 1. The molecule has 16 heavy (non-hydrogen) atoms. The molecule has 0 amide bonds. The molecule has 0 atom stereocenters. The van der Waals surface area contributed by atoms with E-state index in [2.05, 4.69) is 21.2 Å². The number of halogens is 2. The van der Waals surface area contributed by atoms with Crippen LogP contribution in [-0.4, -0.2) is 26.2 Å². The van der Waals surface area contributed by atoms with Crippen LogP contribution in [-0.2, 0) is 0 Å². The number of hydrogen-bond acceptors (Lipinski definition) is 4. The summed E-state index contributed by atoms with van der Waals surface area (Å²) >= 11 is 3.15. The van der Waals surface area contributed by atoms with Crippen LogP contribution in [0.5, 0.6) is 11.5 Å². The zero-order valence-electron chi connectivity index (χ0n) is 8.47. The van der Waals surface area contributed by atoms with Gasteiger partial charge in [0, 0.05) is 4.47 Å². The summed E-state index contributed by atoms with van der Waals surface area (Å²) in [4.78, 5) is 11.7. The quantitative estimate of drug-likeness (QED) is 0.861. The highest BCUT2D eigenvalue weighted by Crippen LogP contribution is 2.40. The van der Waals surface area contributed by atoms with Gasteiger partial charge >= 0.3 is 0 Å². The Labute approximate surface area is 99.9 Å². The minimum atomic E-state index is -0.679. The molecule has 0 saturated heterocycles. The Morgan fingerprint density at radius 3 is 3.06 bits per heavy atom. The number of rotatable bonds is 3. The van der Waals surface area contributed by atoms with Crippen LogP contribution in [0.2, 0.25) is 0 Å². The molecule has 86 valence electrons. The molecule has 0 spiro atoms. The Morgan fingerprint density at radius 2 is 2.38 bits per heavy atom. The van der Waals surface area contributed by atoms with Crippen LogP contribution in [0.15, 0.2) is 10.5 Å². The molecule has 6 heteroatoms. The topological polar surface area (TPSA) is 47.6 Å². The molecule has 1 aliphatic rings. The van der Waals surface area contributed by atoms with Gasteiger partial charge in [-0.3, -0.25) is 4.79 Å². The first kappa shape index (κ1) is 11.3. The first-order chi connectivity index (χ1) is 7.65. The predicted molar refractivity (Wildman–Crippen MR) is 58.5 cm³/mol. The maximum absolute atomic E-state index is 13.9. The molecule has 0 aliphatic carbocycles. The van der Waals surface area contributed by atoms with Crippen molar-refractivity contribution in [2.24, 2.45) is 0 Å². The average molecular weight is 290 g/mol. The van der Waals surface area contributed by atoms with Crippen LogP contribution in [0.1, 0.15) is 10.4 Å². The number of benzene rings is 1. The summed E-state index contributed by atoms with van der Waals surface area (Å²) in [6.07, 6.45) is 0. The lowest BCUT2D eigenvalue weighted by Gasteiger charge is -2.07. The van der Waals surface area contributed by atoms with E-state index in [4.69, 9.17) is 9.47 Å². The molecular formula is C10H9BrFNO3. The number of hydrogen-bond donors (Lipinski definition) is 1. The van der Waals surface area contributed by atoms with Crippen LogP contribution >= 0.6 is 15.9 Å². The number of Topliss-reactive ketones (excluding diaryl/α,β-unsaturated/α-hetero) is 1.